The number of guanidine groups is 1. The molecule has 8 heteroatoms. The number of aryl methyl sites for hydroxylation is 1. The van der Waals surface area contributed by atoms with Crippen molar-refractivity contribution in [3.63, 3.8) is 0 Å². The molecular weight excluding hydrogens is 461 g/mol. The molecule has 0 saturated carbocycles. The highest BCUT2D eigenvalue weighted by Crippen LogP contribution is 2.19. The summed E-state index contributed by atoms with van der Waals surface area (Å²) >= 11 is 1.72. The Kier molecular flexibility index (Phi) is 8.05. The Labute approximate surface area is 174 Å². The summed E-state index contributed by atoms with van der Waals surface area (Å²) in [4.78, 5) is 9.82. The van der Waals surface area contributed by atoms with Gasteiger partial charge in [-0.25, -0.2) is 4.98 Å². The average molecular weight is 483 g/mol. The molecule has 0 aliphatic heterocycles. The van der Waals surface area contributed by atoms with Crippen LogP contribution in [-0.2, 0) is 13.0 Å². The summed E-state index contributed by atoms with van der Waals surface area (Å²) in [6.07, 6.45) is 2.78. The fraction of sp³-hybridized carbons (Fsp3) is 0.278. The SMILES string of the molecule is CN=C(NCCc1ncc(C)s1)NCc1cc(-c2ccccc2)on1.I. The van der Waals surface area contributed by atoms with Crippen molar-refractivity contribution in [3.05, 3.63) is 58.2 Å². The van der Waals surface area contributed by atoms with Crippen molar-refractivity contribution in [2.75, 3.05) is 13.6 Å². The van der Waals surface area contributed by atoms with Crippen molar-refractivity contribution >= 4 is 41.3 Å². The van der Waals surface area contributed by atoms with E-state index < -0.39 is 0 Å². The molecule has 2 heterocycles. The van der Waals surface area contributed by atoms with Crippen LogP contribution in [0.25, 0.3) is 11.3 Å². The lowest BCUT2D eigenvalue weighted by molar-refractivity contribution is 0.422. The lowest BCUT2D eigenvalue weighted by Crippen LogP contribution is -2.37. The molecule has 0 aliphatic rings. The largest absolute Gasteiger partial charge is 0.356 e. The van der Waals surface area contributed by atoms with E-state index >= 15 is 0 Å². The molecule has 0 saturated heterocycles. The van der Waals surface area contributed by atoms with Crippen molar-refractivity contribution < 1.29 is 4.52 Å². The standard InChI is InChI=1S/C18H21N5OS.HI/c1-13-11-21-17(25-13)8-9-20-18(19-2)22-12-15-10-16(24-23-15)14-6-4-3-5-7-14;/h3-7,10-11H,8-9,12H2,1-2H3,(H2,19,20,22);1H. The van der Waals surface area contributed by atoms with Crippen LogP contribution in [0, 0.1) is 6.92 Å². The number of nitrogens with one attached hydrogen (secondary N) is 2. The van der Waals surface area contributed by atoms with Gasteiger partial charge in [-0.3, -0.25) is 4.99 Å². The third kappa shape index (κ3) is 5.80. The van der Waals surface area contributed by atoms with Crippen molar-refractivity contribution in [2.45, 2.75) is 19.9 Å². The van der Waals surface area contributed by atoms with Gasteiger partial charge < -0.3 is 15.2 Å². The molecule has 3 aromatic rings. The highest BCUT2D eigenvalue weighted by molar-refractivity contribution is 14.0. The Hall–Kier alpha value is -1.94. The lowest BCUT2D eigenvalue weighted by Gasteiger charge is -2.09. The molecule has 0 spiro atoms. The third-order valence-electron chi connectivity index (χ3n) is 3.58. The number of aliphatic imine (C=N–C) groups is 1. The van der Waals surface area contributed by atoms with Gasteiger partial charge in [-0.05, 0) is 6.92 Å². The van der Waals surface area contributed by atoms with Crippen LogP contribution >= 0.6 is 35.3 Å². The molecule has 0 unspecified atom stereocenters. The van der Waals surface area contributed by atoms with E-state index in [2.05, 4.69) is 32.7 Å². The molecule has 6 nitrogen and oxygen atoms in total. The maximum Gasteiger partial charge on any atom is 0.191 e. The molecule has 0 aliphatic carbocycles. The summed E-state index contributed by atoms with van der Waals surface area (Å²) < 4.78 is 5.40. The van der Waals surface area contributed by atoms with Crippen LogP contribution in [0.1, 0.15) is 15.6 Å². The minimum Gasteiger partial charge on any atom is -0.356 e. The first-order chi connectivity index (χ1) is 12.2. The number of thiazole rings is 1. The van der Waals surface area contributed by atoms with Gasteiger partial charge in [-0.1, -0.05) is 35.5 Å². The molecular formula is C18H22IN5OS. The average Bonchev–Trinajstić information content (AvgIpc) is 3.28. The first-order valence-corrected chi connectivity index (χ1v) is 8.93. The second-order valence-electron chi connectivity index (χ2n) is 5.52. The fourth-order valence-corrected chi connectivity index (χ4v) is 3.12. The predicted molar refractivity (Wildman–Crippen MR) is 116 cm³/mol. The van der Waals surface area contributed by atoms with Gasteiger partial charge in [-0.15, -0.1) is 35.3 Å². The van der Waals surface area contributed by atoms with E-state index in [0.717, 1.165) is 41.0 Å². The predicted octanol–water partition coefficient (Wildman–Crippen LogP) is 3.63. The third-order valence-corrected chi connectivity index (χ3v) is 4.55. The van der Waals surface area contributed by atoms with Gasteiger partial charge in [0.25, 0.3) is 0 Å². The Balaban J connectivity index is 0.00000243. The first kappa shape index (κ1) is 20.4. The van der Waals surface area contributed by atoms with Crippen LogP contribution in [0.4, 0.5) is 0 Å². The topological polar surface area (TPSA) is 75.3 Å². The molecule has 0 amide bonds. The van der Waals surface area contributed by atoms with E-state index in [-0.39, 0.29) is 24.0 Å². The molecule has 1 aromatic carbocycles. The Morgan fingerprint density at radius 3 is 2.73 bits per heavy atom. The van der Waals surface area contributed by atoms with Gasteiger partial charge >= 0.3 is 0 Å². The zero-order valence-electron chi connectivity index (χ0n) is 14.7. The number of hydrogen-bond donors (Lipinski definition) is 2. The maximum absolute atomic E-state index is 5.40. The van der Waals surface area contributed by atoms with Gasteiger partial charge in [0.1, 0.15) is 5.69 Å². The zero-order chi connectivity index (χ0) is 17.5. The monoisotopic (exact) mass is 483 g/mol. The van der Waals surface area contributed by atoms with Crippen LogP contribution in [0.2, 0.25) is 0 Å². The Morgan fingerprint density at radius 1 is 1.23 bits per heavy atom. The number of rotatable bonds is 6. The number of halogens is 1. The molecule has 0 bridgehead atoms. The Bertz CT molecular complexity index is 831. The number of aromatic nitrogens is 2. The van der Waals surface area contributed by atoms with Gasteiger partial charge in [-0.2, -0.15) is 0 Å². The number of nitrogens with zero attached hydrogens (tertiary/aromatic N) is 3. The molecule has 2 aromatic heterocycles. The normalized spacial score (nSPS) is 11.1. The summed E-state index contributed by atoms with van der Waals surface area (Å²) in [6, 6.07) is 11.9. The minimum atomic E-state index is 0. The second-order valence-corrected chi connectivity index (χ2v) is 6.84. The molecule has 138 valence electrons. The van der Waals surface area contributed by atoms with Crippen LogP contribution in [-0.4, -0.2) is 29.7 Å². The summed E-state index contributed by atoms with van der Waals surface area (Å²) in [5, 5.41) is 11.8. The second kappa shape index (κ2) is 10.3. The van der Waals surface area contributed by atoms with Crippen LogP contribution in [0.3, 0.4) is 0 Å². The van der Waals surface area contributed by atoms with Crippen molar-refractivity contribution in [2.24, 2.45) is 4.99 Å². The highest BCUT2D eigenvalue weighted by atomic mass is 127. The number of hydrogen-bond acceptors (Lipinski definition) is 5. The summed E-state index contributed by atoms with van der Waals surface area (Å²) in [6.45, 7) is 3.39. The smallest absolute Gasteiger partial charge is 0.191 e. The van der Waals surface area contributed by atoms with Crippen molar-refractivity contribution in [1.82, 2.24) is 20.8 Å². The molecule has 2 N–H and O–H groups in total. The maximum atomic E-state index is 5.40. The van der Waals surface area contributed by atoms with Gasteiger partial charge in [0.05, 0.1) is 11.6 Å². The lowest BCUT2D eigenvalue weighted by atomic mass is 10.2. The molecule has 3 rings (SSSR count). The highest BCUT2D eigenvalue weighted by Gasteiger charge is 2.07. The van der Waals surface area contributed by atoms with Crippen LogP contribution < -0.4 is 10.6 Å². The zero-order valence-corrected chi connectivity index (χ0v) is 17.9. The van der Waals surface area contributed by atoms with Crippen molar-refractivity contribution in [3.8, 4) is 11.3 Å². The quantitative estimate of drug-likeness (QED) is 0.318. The molecule has 26 heavy (non-hydrogen) atoms. The van der Waals surface area contributed by atoms with Crippen LogP contribution in [0.15, 0.2) is 52.1 Å². The van der Waals surface area contributed by atoms with Crippen LogP contribution in [0.5, 0.6) is 0 Å². The van der Waals surface area contributed by atoms with E-state index in [1.165, 1.54) is 4.88 Å². The summed E-state index contributed by atoms with van der Waals surface area (Å²) in [5.41, 5.74) is 1.85. The van der Waals surface area contributed by atoms with E-state index in [9.17, 15) is 0 Å². The summed E-state index contributed by atoms with van der Waals surface area (Å²) in [5.74, 6) is 1.50. The fourth-order valence-electron chi connectivity index (χ4n) is 2.33. The van der Waals surface area contributed by atoms with Gasteiger partial charge in [0.2, 0.25) is 0 Å². The minimum absolute atomic E-state index is 0. The van der Waals surface area contributed by atoms with Gasteiger partial charge in [0.15, 0.2) is 11.7 Å². The van der Waals surface area contributed by atoms with Crippen molar-refractivity contribution in [1.29, 1.82) is 0 Å². The Morgan fingerprint density at radius 2 is 2.04 bits per heavy atom. The summed E-state index contributed by atoms with van der Waals surface area (Å²) in [7, 11) is 1.75. The molecule has 0 radical (unpaired) electrons. The number of benzene rings is 1. The van der Waals surface area contributed by atoms with E-state index in [1.54, 1.807) is 18.4 Å². The molecule has 0 atom stereocenters. The van der Waals surface area contributed by atoms with Gasteiger partial charge in [0, 0.05) is 42.7 Å². The van der Waals surface area contributed by atoms with E-state index in [0.29, 0.717) is 6.54 Å². The first-order valence-electron chi connectivity index (χ1n) is 8.11. The van der Waals surface area contributed by atoms with E-state index in [4.69, 9.17) is 4.52 Å². The molecule has 0 fully saturated rings. The van der Waals surface area contributed by atoms with E-state index in [1.807, 2.05) is 42.6 Å².